The first-order valence-corrected chi connectivity index (χ1v) is 8.47. The van der Waals surface area contributed by atoms with Crippen LogP contribution in [0.15, 0.2) is 48.5 Å². The largest absolute Gasteiger partial charge is 0.416 e. The van der Waals surface area contributed by atoms with Crippen LogP contribution >= 0.6 is 0 Å². The van der Waals surface area contributed by atoms with Gasteiger partial charge in [0.1, 0.15) is 0 Å². The van der Waals surface area contributed by atoms with Crippen molar-refractivity contribution in [3.63, 3.8) is 0 Å². The van der Waals surface area contributed by atoms with E-state index in [-0.39, 0.29) is 12.5 Å². The quantitative estimate of drug-likeness (QED) is 0.700. The zero-order valence-corrected chi connectivity index (χ0v) is 14.6. The highest BCUT2D eigenvalue weighted by atomic mass is 19.4. The molecule has 146 valence electrons. The van der Waals surface area contributed by atoms with Crippen molar-refractivity contribution in [1.29, 1.82) is 0 Å². The minimum atomic E-state index is -4.40. The van der Waals surface area contributed by atoms with Crippen LogP contribution < -0.4 is 10.6 Å². The molecule has 1 aliphatic rings. The molecule has 2 aromatic carbocycles. The van der Waals surface area contributed by atoms with Crippen molar-refractivity contribution in [3.05, 3.63) is 65.2 Å². The maximum Gasteiger partial charge on any atom is 0.416 e. The van der Waals surface area contributed by atoms with Gasteiger partial charge in [-0.05, 0) is 47.9 Å². The van der Waals surface area contributed by atoms with Gasteiger partial charge in [-0.3, -0.25) is 9.59 Å². The summed E-state index contributed by atoms with van der Waals surface area (Å²) >= 11 is 0. The number of hydrogen-bond donors (Lipinski definition) is 3. The SMILES string of the molecule is O=C(/C=C/c1ccc(C(F)(F)F)cc1)Nc1ccc2c(c1)NC(=O)C(CO)C2. The molecule has 5 nitrogen and oxygen atoms in total. The van der Waals surface area contributed by atoms with Gasteiger partial charge in [-0.15, -0.1) is 0 Å². The fourth-order valence-electron chi connectivity index (χ4n) is 2.83. The third-order valence-electron chi connectivity index (χ3n) is 4.36. The Kier molecular flexibility index (Phi) is 5.51. The van der Waals surface area contributed by atoms with Crippen LogP contribution in [-0.2, 0) is 22.2 Å². The second-order valence-corrected chi connectivity index (χ2v) is 6.39. The van der Waals surface area contributed by atoms with Gasteiger partial charge in [0, 0.05) is 17.5 Å². The van der Waals surface area contributed by atoms with E-state index in [1.807, 2.05) is 0 Å². The molecule has 28 heavy (non-hydrogen) atoms. The van der Waals surface area contributed by atoms with E-state index in [0.717, 1.165) is 17.7 Å². The standard InChI is InChI=1S/C20H17F3N2O3/c21-20(22,23)15-5-1-12(2-6-15)3-8-18(27)24-16-7-4-13-9-14(11-26)19(28)25-17(13)10-16/h1-8,10,14,26H,9,11H2,(H,24,27)(H,25,28)/b8-3+. The van der Waals surface area contributed by atoms with E-state index < -0.39 is 23.6 Å². The number of nitrogens with one attached hydrogen (secondary N) is 2. The highest BCUT2D eigenvalue weighted by Crippen LogP contribution is 2.30. The van der Waals surface area contributed by atoms with Crippen LogP contribution in [0.25, 0.3) is 6.08 Å². The lowest BCUT2D eigenvalue weighted by molar-refractivity contribution is -0.137. The molecular weight excluding hydrogens is 373 g/mol. The number of rotatable bonds is 4. The molecule has 2 aromatic rings. The van der Waals surface area contributed by atoms with Gasteiger partial charge >= 0.3 is 6.18 Å². The van der Waals surface area contributed by atoms with Gasteiger partial charge in [0.05, 0.1) is 18.1 Å². The van der Waals surface area contributed by atoms with E-state index in [9.17, 15) is 27.9 Å². The first-order chi connectivity index (χ1) is 13.3. The molecule has 1 aliphatic heterocycles. The Morgan fingerprint density at radius 3 is 2.57 bits per heavy atom. The summed E-state index contributed by atoms with van der Waals surface area (Å²) in [6, 6.07) is 9.50. The third kappa shape index (κ3) is 4.58. The summed E-state index contributed by atoms with van der Waals surface area (Å²) in [6.45, 7) is -0.238. The van der Waals surface area contributed by atoms with Crippen molar-refractivity contribution in [1.82, 2.24) is 0 Å². The van der Waals surface area contributed by atoms with Gasteiger partial charge in [0.25, 0.3) is 0 Å². The number of halogens is 3. The van der Waals surface area contributed by atoms with E-state index in [1.165, 1.54) is 24.3 Å². The maximum absolute atomic E-state index is 12.5. The van der Waals surface area contributed by atoms with Crippen molar-refractivity contribution in [2.24, 2.45) is 5.92 Å². The number of anilines is 2. The highest BCUT2D eigenvalue weighted by molar-refractivity contribution is 6.03. The molecule has 1 atom stereocenters. The van der Waals surface area contributed by atoms with Crippen LogP contribution in [0.4, 0.5) is 24.5 Å². The van der Waals surface area contributed by atoms with Gasteiger partial charge in [-0.2, -0.15) is 13.2 Å². The number of benzene rings is 2. The Hall–Kier alpha value is -3.13. The molecule has 8 heteroatoms. The number of fused-ring (bicyclic) bond motifs is 1. The van der Waals surface area contributed by atoms with E-state index in [1.54, 1.807) is 18.2 Å². The summed E-state index contributed by atoms with van der Waals surface area (Å²) in [7, 11) is 0. The smallest absolute Gasteiger partial charge is 0.396 e. The van der Waals surface area contributed by atoms with Crippen molar-refractivity contribution in [3.8, 4) is 0 Å². The van der Waals surface area contributed by atoms with Crippen molar-refractivity contribution < 1.29 is 27.9 Å². The first kappa shape index (κ1) is 19.6. The molecule has 0 aliphatic carbocycles. The predicted octanol–water partition coefficient (Wildman–Crippen LogP) is 3.46. The Balaban J connectivity index is 1.64. The van der Waals surface area contributed by atoms with Crippen LogP contribution in [0, 0.1) is 5.92 Å². The molecule has 0 fully saturated rings. The second kappa shape index (κ2) is 7.85. The van der Waals surface area contributed by atoms with Gasteiger partial charge < -0.3 is 15.7 Å². The van der Waals surface area contributed by atoms with Crippen LogP contribution in [0.3, 0.4) is 0 Å². The zero-order valence-electron chi connectivity index (χ0n) is 14.6. The summed E-state index contributed by atoms with van der Waals surface area (Å²) in [5.74, 6) is -1.23. The van der Waals surface area contributed by atoms with Gasteiger partial charge in [0.15, 0.2) is 0 Å². The number of hydrogen-bond acceptors (Lipinski definition) is 3. The Morgan fingerprint density at radius 2 is 1.93 bits per heavy atom. The van der Waals surface area contributed by atoms with E-state index in [2.05, 4.69) is 10.6 Å². The molecule has 0 saturated carbocycles. The Labute approximate surface area is 158 Å². The molecular formula is C20H17F3N2O3. The topological polar surface area (TPSA) is 78.4 Å². The molecule has 3 rings (SSSR count). The Bertz CT molecular complexity index is 921. The lowest BCUT2D eigenvalue weighted by Gasteiger charge is -2.23. The number of carbonyl (C=O) groups excluding carboxylic acids is 2. The van der Waals surface area contributed by atoms with E-state index in [4.69, 9.17) is 0 Å². The molecule has 2 amide bonds. The minimum Gasteiger partial charge on any atom is -0.396 e. The van der Waals surface area contributed by atoms with Crippen LogP contribution in [0.1, 0.15) is 16.7 Å². The number of carbonyl (C=O) groups is 2. The van der Waals surface area contributed by atoms with Crippen LogP contribution in [-0.4, -0.2) is 23.5 Å². The van der Waals surface area contributed by atoms with Crippen molar-refractivity contribution in [2.45, 2.75) is 12.6 Å². The van der Waals surface area contributed by atoms with Crippen LogP contribution in [0.2, 0.25) is 0 Å². The molecule has 0 saturated heterocycles. The summed E-state index contributed by atoms with van der Waals surface area (Å²) < 4.78 is 37.6. The lowest BCUT2D eigenvalue weighted by Crippen LogP contribution is -2.32. The summed E-state index contributed by atoms with van der Waals surface area (Å²) in [5, 5.41) is 14.5. The molecule has 1 heterocycles. The highest BCUT2D eigenvalue weighted by Gasteiger charge is 2.29. The fourth-order valence-corrected chi connectivity index (χ4v) is 2.83. The fraction of sp³-hybridized carbons (Fsp3) is 0.200. The maximum atomic E-state index is 12.5. The summed E-state index contributed by atoms with van der Waals surface area (Å²) in [4.78, 5) is 23.9. The number of aliphatic hydroxyl groups is 1. The zero-order chi connectivity index (χ0) is 20.3. The summed E-state index contributed by atoms with van der Waals surface area (Å²) in [5.41, 5.74) is 1.59. The minimum absolute atomic E-state index is 0.238. The van der Waals surface area contributed by atoms with Crippen LogP contribution in [0.5, 0.6) is 0 Å². The Morgan fingerprint density at radius 1 is 1.21 bits per heavy atom. The third-order valence-corrected chi connectivity index (χ3v) is 4.36. The van der Waals surface area contributed by atoms with Gasteiger partial charge in [-0.25, -0.2) is 0 Å². The van der Waals surface area contributed by atoms with E-state index >= 15 is 0 Å². The number of alkyl halides is 3. The predicted molar refractivity (Wildman–Crippen MR) is 98.5 cm³/mol. The first-order valence-electron chi connectivity index (χ1n) is 8.47. The molecule has 3 N–H and O–H groups in total. The lowest BCUT2D eigenvalue weighted by atomic mass is 9.93. The summed E-state index contributed by atoms with van der Waals surface area (Å²) in [6.07, 6.45) is -1.37. The van der Waals surface area contributed by atoms with E-state index in [0.29, 0.717) is 23.4 Å². The number of amides is 2. The van der Waals surface area contributed by atoms with Gasteiger partial charge in [0.2, 0.25) is 11.8 Å². The molecule has 0 spiro atoms. The number of aliphatic hydroxyl groups excluding tert-OH is 1. The molecule has 0 bridgehead atoms. The average molecular weight is 390 g/mol. The van der Waals surface area contributed by atoms with Crippen molar-refractivity contribution in [2.75, 3.05) is 17.2 Å². The normalized spacial score (nSPS) is 16.6. The monoisotopic (exact) mass is 390 g/mol. The van der Waals surface area contributed by atoms with Gasteiger partial charge in [-0.1, -0.05) is 18.2 Å². The second-order valence-electron chi connectivity index (χ2n) is 6.39. The molecule has 0 radical (unpaired) electrons. The molecule has 1 unspecified atom stereocenters. The molecule has 0 aromatic heterocycles. The van der Waals surface area contributed by atoms with Crippen molar-refractivity contribution >= 4 is 29.3 Å². The average Bonchev–Trinajstić information content (AvgIpc) is 2.65.